The lowest BCUT2D eigenvalue weighted by molar-refractivity contribution is 0.812. The minimum atomic E-state index is 0.239. The maximum Gasteiger partial charge on any atom is 0.223 e. The second kappa shape index (κ2) is 3.93. The smallest absolute Gasteiger partial charge is 0.223 e. The van der Waals surface area contributed by atoms with Gasteiger partial charge in [0, 0.05) is 0 Å². The van der Waals surface area contributed by atoms with Crippen molar-refractivity contribution in [2.24, 2.45) is 0 Å². The summed E-state index contributed by atoms with van der Waals surface area (Å²) in [6, 6.07) is 1.96. The second-order valence-electron chi connectivity index (χ2n) is 3.94. The minimum absolute atomic E-state index is 0.239. The van der Waals surface area contributed by atoms with E-state index in [1.54, 1.807) is 4.68 Å². The molecule has 7 heteroatoms. The van der Waals surface area contributed by atoms with Crippen molar-refractivity contribution in [3.63, 3.8) is 0 Å². The molecule has 3 aromatic heterocycles. The first-order valence-electron chi connectivity index (χ1n) is 5.30. The number of nitrogen functional groups attached to an aromatic ring is 1. The van der Waals surface area contributed by atoms with Gasteiger partial charge < -0.3 is 5.73 Å². The van der Waals surface area contributed by atoms with E-state index in [1.165, 1.54) is 11.3 Å². The van der Waals surface area contributed by atoms with Gasteiger partial charge in [-0.05, 0) is 25.3 Å². The van der Waals surface area contributed by atoms with Gasteiger partial charge in [0.1, 0.15) is 4.83 Å². The number of aryl methyl sites for hydroxylation is 1. The number of hydrogen-bond acceptors (Lipinski definition) is 5. The molecule has 0 aliphatic rings. The number of hydrogen-bond donors (Lipinski definition) is 1. The lowest BCUT2D eigenvalue weighted by Gasteiger charge is -2.05. The Morgan fingerprint density at radius 3 is 2.78 bits per heavy atom. The first-order valence-corrected chi connectivity index (χ1v) is 6.56. The van der Waals surface area contributed by atoms with E-state index in [-0.39, 0.29) is 5.95 Å². The van der Waals surface area contributed by atoms with E-state index in [0.717, 1.165) is 21.6 Å². The van der Waals surface area contributed by atoms with Gasteiger partial charge in [0.05, 0.1) is 21.8 Å². The van der Waals surface area contributed by atoms with Crippen LogP contribution in [0, 0.1) is 13.8 Å². The Morgan fingerprint density at radius 1 is 1.33 bits per heavy atom. The molecule has 0 atom stereocenters. The molecule has 0 aliphatic carbocycles. The van der Waals surface area contributed by atoms with Gasteiger partial charge in [0.2, 0.25) is 5.95 Å². The Morgan fingerprint density at radius 2 is 2.11 bits per heavy atom. The van der Waals surface area contributed by atoms with Gasteiger partial charge in [0.25, 0.3) is 0 Å². The molecule has 0 aromatic carbocycles. The van der Waals surface area contributed by atoms with Crippen LogP contribution in [-0.4, -0.2) is 19.7 Å². The minimum Gasteiger partial charge on any atom is -0.368 e. The van der Waals surface area contributed by atoms with Crippen molar-refractivity contribution >= 4 is 39.1 Å². The molecule has 92 valence electrons. The molecule has 0 saturated heterocycles. The molecule has 0 radical (unpaired) electrons. The molecule has 3 aromatic rings. The first-order chi connectivity index (χ1) is 8.58. The molecule has 0 spiro atoms. The van der Waals surface area contributed by atoms with Gasteiger partial charge in [-0.15, -0.1) is 11.3 Å². The summed E-state index contributed by atoms with van der Waals surface area (Å²) in [4.78, 5) is 9.31. The third-order valence-corrected chi connectivity index (χ3v) is 4.08. The summed E-state index contributed by atoms with van der Waals surface area (Å²) in [6.45, 7) is 3.76. The van der Waals surface area contributed by atoms with Crippen LogP contribution in [-0.2, 0) is 0 Å². The van der Waals surface area contributed by atoms with Crippen molar-refractivity contribution in [3.05, 3.63) is 27.9 Å². The molecule has 5 nitrogen and oxygen atoms in total. The van der Waals surface area contributed by atoms with Gasteiger partial charge in [-0.2, -0.15) is 10.1 Å². The third kappa shape index (κ3) is 1.57. The molecule has 3 heterocycles. The number of rotatable bonds is 1. The highest BCUT2D eigenvalue weighted by Crippen LogP contribution is 2.28. The molecule has 0 unspecified atom stereocenters. The number of nitrogens with zero attached hydrogens (tertiary/aromatic N) is 4. The first kappa shape index (κ1) is 11.4. The summed E-state index contributed by atoms with van der Waals surface area (Å²) in [5.74, 6) is 0.912. The fourth-order valence-electron chi connectivity index (χ4n) is 1.85. The van der Waals surface area contributed by atoms with Gasteiger partial charge in [-0.3, -0.25) is 0 Å². The Balaban J connectivity index is 2.37. The quantitative estimate of drug-likeness (QED) is 0.743. The average Bonchev–Trinajstić information content (AvgIpc) is 2.88. The predicted octanol–water partition coefficient (Wildman–Crippen LogP) is 2.73. The van der Waals surface area contributed by atoms with Crippen LogP contribution in [0.4, 0.5) is 5.95 Å². The van der Waals surface area contributed by atoms with Crippen LogP contribution < -0.4 is 5.73 Å². The van der Waals surface area contributed by atoms with E-state index in [4.69, 9.17) is 17.3 Å². The van der Waals surface area contributed by atoms with Gasteiger partial charge in [-0.25, -0.2) is 9.67 Å². The van der Waals surface area contributed by atoms with Gasteiger partial charge in [0.15, 0.2) is 5.82 Å². The van der Waals surface area contributed by atoms with Crippen molar-refractivity contribution < 1.29 is 0 Å². The highest BCUT2D eigenvalue weighted by atomic mass is 35.5. The van der Waals surface area contributed by atoms with Gasteiger partial charge >= 0.3 is 0 Å². The average molecular weight is 280 g/mol. The molecule has 0 fully saturated rings. The van der Waals surface area contributed by atoms with Crippen LogP contribution in [0.3, 0.4) is 0 Å². The largest absolute Gasteiger partial charge is 0.368 e. The molecule has 0 amide bonds. The standard InChI is InChI=1S/C11H10ClN5S/c1-5-8(12)6(2)17(16-5)9-7-3-4-18-10(7)15-11(13)14-9/h3-4H,1-2H3,(H2,13,14,15). The van der Waals surface area contributed by atoms with E-state index in [0.29, 0.717) is 10.8 Å². The summed E-state index contributed by atoms with van der Waals surface area (Å²) in [5.41, 5.74) is 7.35. The fourth-order valence-corrected chi connectivity index (χ4v) is 2.73. The monoisotopic (exact) mass is 279 g/mol. The zero-order valence-electron chi connectivity index (χ0n) is 9.81. The van der Waals surface area contributed by atoms with Crippen LogP contribution in [0.2, 0.25) is 5.02 Å². The topological polar surface area (TPSA) is 69.6 Å². The Kier molecular flexibility index (Phi) is 2.49. The van der Waals surface area contributed by atoms with E-state index < -0.39 is 0 Å². The molecule has 0 aliphatic heterocycles. The summed E-state index contributed by atoms with van der Waals surface area (Å²) in [7, 11) is 0. The Bertz CT molecular complexity index is 745. The Labute approximate surface area is 112 Å². The number of anilines is 1. The van der Waals surface area contributed by atoms with E-state index >= 15 is 0 Å². The number of nitrogens with two attached hydrogens (primary N) is 1. The molecule has 3 rings (SSSR count). The Hall–Kier alpha value is -1.66. The van der Waals surface area contributed by atoms with Crippen molar-refractivity contribution in [1.82, 2.24) is 19.7 Å². The van der Waals surface area contributed by atoms with Crippen molar-refractivity contribution in [1.29, 1.82) is 0 Å². The molecular weight excluding hydrogens is 270 g/mol. The number of aromatic nitrogens is 4. The zero-order chi connectivity index (χ0) is 12.9. The second-order valence-corrected chi connectivity index (χ2v) is 5.21. The highest BCUT2D eigenvalue weighted by molar-refractivity contribution is 7.16. The van der Waals surface area contributed by atoms with Crippen LogP contribution >= 0.6 is 22.9 Å². The van der Waals surface area contributed by atoms with Crippen LogP contribution in [0.15, 0.2) is 11.4 Å². The van der Waals surface area contributed by atoms with Crippen molar-refractivity contribution in [2.45, 2.75) is 13.8 Å². The number of thiophene rings is 1. The highest BCUT2D eigenvalue weighted by Gasteiger charge is 2.15. The van der Waals surface area contributed by atoms with Crippen molar-refractivity contribution in [3.8, 4) is 5.82 Å². The van der Waals surface area contributed by atoms with E-state index in [1.807, 2.05) is 25.3 Å². The zero-order valence-corrected chi connectivity index (χ0v) is 11.4. The number of halogens is 1. The lowest BCUT2D eigenvalue weighted by atomic mass is 10.3. The van der Waals surface area contributed by atoms with Crippen LogP contribution in [0.1, 0.15) is 11.4 Å². The van der Waals surface area contributed by atoms with Crippen molar-refractivity contribution in [2.75, 3.05) is 5.73 Å². The third-order valence-electron chi connectivity index (χ3n) is 2.73. The predicted molar refractivity (Wildman–Crippen MR) is 73.4 cm³/mol. The SMILES string of the molecule is Cc1nn(-c2nc(N)nc3sccc23)c(C)c1Cl. The summed E-state index contributed by atoms with van der Waals surface area (Å²) >= 11 is 7.68. The molecule has 18 heavy (non-hydrogen) atoms. The van der Waals surface area contributed by atoms with E-state index in [2.05, 4.69) is 15.1 Å². The summed E-state index contributed by atoms with van der Waals surface area (Å²) < 4.78 is 1.71. The lowest BCUT2D eigenvalue weighted by Crippen LogP contribution is -2.06. The summed E-state index contributed by atoms with van der Waals surface area (Å²) in [6.07, 6.45) is 0. The van der Waals surface area contributed by atoms with Crippen LogP contribution in [0.25, 0.3) is 16.0 Å². The molecule has 0 saturated carbocycles. The maximum atomic E-state index is 6.16. The fraction of sp³-hybridized carbons (Fsp3) is 0.182. The van der Waals surface area contributed by atoms with Crippen LogP contribution in [0.5, 0.6) is 0 Å². The summed E-state index contributed by atoms with van der Waals surface area (Å²) in [5, 5.41) is 7.92. The number of fused-ring (bicyclic) bond motifs is 1. The molecular formula is C11H10ClN5S. The normalized spacial score (nSPS) is 11.3. The maximum absolute atomic E-state index is 6.16. The van der Waals surface area contributed by atoms with E-state index in [9.17, 15) is 0 Å². The molecule has 0 bridgehead atoms. The molecule has 2 N–H and O–H groups in total. The van der Waals surface area contributed by atoms with Gasteiger partial charge in [-0.1, -0.05) is 11.6 Å².